The summed E-state index contributed by atoms with van der Waals surface area (Å²) < 4.78 is 31.8. The van der Waals surface area contributed by atoms with Gasteiger partial charge in [-0.25, -0.2) is 8.42 Å². The zero-order chi connectivity index (χ0) is 20.9. The van der Waals surface area contributed by atoms with Crippen molar-refractivity contribution in [3.8, 4) is 0 Å². The normalized spacial score (nSPS) is 10.8. The lowest BCUT2D eigenvalue weighted by molar-refractivity contribution is -0.385. The number of ether oxygens (including phenoxy) is 1. The van der Waals surface area contributed by atoms with Crippen molar-refractivity contribution in [2.24, 2.45) is 0 Å². The van der Waals surface area contributed by atoms with E-state index in [0.717, 1.165) is 6.07 Å². The van der Waals surface area contributed by atoms with Gasteiger partial charge in [0.2, 0.25) is 0 Å². The van der Waals surface area contributed by atoms with Crippen LogP contribution in [0.1, 0.15) is 15.9 Å². The van der Waals surface area contributed by atoms with Crippen LogP contribution in [0.3, 0.4) is 0 Å². The summed E-state index contributed by atoms with van der Waals surface area (Å²) >= 11 is 0. The Morgan fingerprint density at radius 1 is 1.14 bits per heavy atom. The smallest absolute Gasteiger partial charge is 0.325 e. The molecule has 0 radical (unpaired) electrons. The Balaban J connectivity index is 2.17. The third-order valence-electron chi connectivity index (χ3n) is 3.69. The molecule has 1 amide bonds. The number of hydrogen-bond acceptors (Lipinski definition) is 7. The van der Waals surface area contributed by atoms with Crippen LogP contribution in [0.25, 0.3) is 0 Å². The molecule has 0 aliphatic carbocycles. The summed E-state index contributed by atoms with van der Waals surface area (Å²) in [7, 11) is -2.88. The number of amides is 1. The summed E-state index contributed by atoms with van der Waals surface area (Å²) in [6.45, 7) is 1.23. The predicted molar refractivity (Wildman–Crippen MR) is 99.4 cm³/mol. The Morgan fingerprint density at radius 3 is 2.36 bits per heavy atom. The van der Waals surface area contributed by atoms with Gasteiger partial charge in [0.05, 0.1) is 16.9 Å². The fraction of sp³-hybridized carbons (Fsp3) is 0.176. The Bertz CT molecular complexity index is 1020. The van der Waals surface area contributed by atoms with Gasteiger partial charge in [-0.2, -0.15) is 0 Å². The second kappa shape index (κ2) is 8.48. The van der Waals surface area contributed by atoms with Crippen molar-refractivity contribution in [1.29, 1.82) is 0 Å². The van der Waals surface area contributed by atoms with Gasteiger partial charge >= 0.3 is 5.97 Å². The van der Waals surface area contributed by atoms with E-state index in [1.54, 1.807) is 0 Å². The molecule has 0 unspecified atom stereocenters. The number of hydrogen-bond donors (Lipinski definition) is 2. The van der Waals surface area contributed by atoms with Crippen LogP contribution in [-0.2, 0) is 19.6 Å². The number of anilines is 1. The Labute approximate surface area is 160 Å². The van der Waals surface area contributed by atoms with Crippen LogP contribution in [0.4, 0.5) is 11.4 Å². The molecule has 0 aliphatic rings. The van der Waals surface area contributed by atoms with Crippen molar-refractivity contribution < 1.29 is 27.7 Å². The van der Waals surface area contributed by atoms with Gasteiger partial charge in [-0.3, -0.25) is 24.4 Å². The first-order valence-electron chi connectivity index (χ1n) is 7.87. The first kappa shape index (κ1) is 20.8. The molecule has 0 saturated carbocycles. The molecule has 0 atom stereocenters. The van der Waals surface area contributed by atoms with Crippen LogP contribution in [0.2, 0.25) is 0 Å². The zero-order valence-corrected chi connectivity index (χ0v) is 15.8. The van der Waals surface area contributed by atoms with Crippen LogP contribution in [0.15, 0.2) is 47.4 Å². The molecule has 0 saturated heterocycles. The highest BCUT2D eigenvalue weighted by Crippen LogP contribution is 2.24. The lowest BCUT2D eigenvalue weighted by atomic mass is 10.2. The van der Waals surface area contributed by atoms with Gasteiger partial charge in [-0.05, 0) is 36.8 Å². The van der Waals surface area contributed by atoms with Crippen molar-refractivity contribution >= 4 is 33.3 Å². The van der Waals surface area contributed by atoms with E-state index in [-0.39, 0.29) is 28.4 Å². The second-order valence-electron chi connectivity index (χ2n) is 5.65. The molecule has 2 aromatic carbocycles. The standard InChI is InChI=1S/C17H17N3O7S/c1-11-3-8-14(20(23)24)9-15(11)28(25,26)19-13-6-4-12(5-7-13)17(22)18-10-16(21)27-2/h3-9,19H,10H2,1-2H3,(H,18,22). The largest absolute Gasteiger partial charge is 0.468 e. The van der Waals surface area contributed by atoms with E-state index in [0.29, 0.717) is 5.56 Å². The number of rotatable bonds is 7. The number of sulfonamides is 1. The van der Waals surface area contributed by atoms with Crippen LogP contribution in [-0.4, -0.2) is 38.9 Å². The topological polar surface area (TPSA) is 145 Å². The van der Waals surface area contributed by atoms with E-state index in [1.807, 2.05) is 0 Å². The third-order valence-corrected chi connectivity index (χ3v) is 5.22. The maximum absolute atomic E-state index is 12.6. The van der Waals surface area contributed by atoms with E-state index < -0.39 is 26.8 Å². The number of aryl methyl sites for hydroxylation is 1. The predicted octanol–water partition coefficient (Wildman–Crippen LogP) is 1.61. The molecule has 0 spiro atoms. The number of nitrogens with one attached hydrogen (secondary N) is 2. The van der Waals surface area contributed by atoms with Gasteiger partial charge in [0.1, 0.15) is 6.54 Å². The van der Waals surface area contributed by atoms with Gasteiger partial charge < -0.3 is 10.1 Å². The number of esters is 1. The van der Waals surface area contributed by atoms with E-state index >= 15 is 0 Å². The Kier molecular flexibility index (Phi) is 6.31. The molecule has 0 heterocycles. The lowest BCUT2D eigenvalue weighted by Crippen LogP contribution is -2.30. The van der Waals surface area contributed by atoms with Crippen molar-refractivity contribution in [2.45, 2.75) is 11.8 Å². The molecule has 0 aliphatic heterocycles. The van der Waals surface area contributed by atoms with Gasteiger partial charge in [0.25, 0.3) is 21.6 Å². The molecule has 10 nitrogen and oxygen atoms in total. The van der Waals surface area contributed by atoms with Crippen LogP contribution < -0.4 is 10.0 Å². The molecule has 11 heteroatoms. The monoisotopic (exact) mass is 407 g/mol. The summed E-state index contributed by atoms with van der Waals surface area (Å²) in [6, 6.07) is 8.99. The number of carbonyl (C=O) groups is 2. The number of methoxy groups -OCH3 is 1. The molecular formula is C17H17N3O7S. The van der Waals surface area contributed by atoms with E-state index in [2.05, 4.69) is 14.8 Å². The minimum absolute atomic E-state index is 0.162. The average molecular weight is 407 g/mol. The SMILES string of the molecule is COC(=O)CNC(=O)c1ccc(NS(=O)(=O)c2cc([N+](=O)[O-])ccc2C)cc1. The number of nitro groups is 1. The number of nitrogens with zero attached hydrogens (tertiary/aromatic N) is 1. The maximum Gasteiger partial charge on any atom is 0.325 e. The number of non-ortho nitro benzene ring substituents is 1. The second-order valence-corrected chi connectivity index (χ2v) is 7.30. The molecule has 0 fully saturated rings. The fourth-order valence-electron chi connectivity index (χ4n) is 2.22. The quantitative estimate of drug-likeness (QED) is 0.403. The summed E-state index contributed by atoms with van der Waals surface area (Å²) in [5.74, 6) is -1.14. The number of benzene rings is 2. The number of carbonyl (C=O) groups excluding carboxylic acids is 2. The molecule has 2 N–H and O–H groups in total. The Morgan fingerprint density at radius 2 is 1.79 bits per heavy atom. The van der Waals surface area contributed by atoms with Gasteiger partial charge in [0.15, 0.2) is 0 Å². The zero-order valence-electron chi connectivity index (χ0n) is 15.0. The molecule has 2 rings (SSSR count). The van der Waals surface area contributed by atoms with E-state index in [4.69, 9.17) is 0 Å². The first-order chi connectivity index (χ1) is 13.1. The lowest BCUT2D eigenvalue weighted by Gasteiger charge is -2.11. The average Bonchev–Trinajstić information content (AvgIpc) is 2.66. The van der Waals surface area contributed by atoms with Crippen LogP contribution >= 0.6 is 0 Å². The van der Waals surface area contributed by atoms with Gasteiger partial charge in [-0.1, -0.05) is 6.07 Å². The molecular weight excluding hydrogens is 390 g/mol. The van der Waals surface area contributed by atoms with Crippen LogP contribution in [0.5, 0.6) is 0 Å². The van der Waals surface area contributed by atoms with Gasteiger partial charge in [-0.15, -0.1) is 0 Å². The highest BCUT2D eigenvalue weighted by Gasteiger charge is 2.21. The van der Waals surface area contributed by atoms with Crippen molar-refractivity contribution in [3.63, 3.8) is 0 Å². The van der Waals surface area contributed by atoms with Crippen LogP contribution in [0, 0.1) is 17.0 Å². The van der Waals surface area contributed by atoms with E-state index in [1.165, 1.54) is 50.4 Å². The fourth-order valence-corrected chi connectivity index (χ4v) is 3.54. The molecule has 28 heavy (non-hydrogen) atoms. The highest BCUT2D eigenvalue weighted by molar-refractivity contribution is 7.92. The molecule has 2 aromatic rings. The third kappa shape index (κ3) is 5.04. The van der Waals surface area contributed by atoms with Crippen molar-refractivity contribution in [1.82, 2.24) is 5.32 Å². The van der Waals surface area contributed by atoms with Gasteiger partial charge in [0, 0.05) is 23.4 Å². The first-order valence-corrected chi connectivity index (χ1v) is 9.35. The number of nitro benzene ring substituents is 1. The molecule has 148 valence electrons. The summed E-state index contributed by atoms with van der Waals surface area (Å²) in [6.07, 6.45) is 0. The minimum atomic E-state index is -4.07. The Hall–Kier alpha value is -3.47. The summed E-state index contributed by atoms with van der Waals surface area (Å²) in [4.78, 5) is 32.9. The summed E-state index contributed by atoms with van der Waals surface area (Å²) in [5, 5.41) is 13.2. The molecule has 0 aromatic heterocycles. The maximum atomic E-state index is 12.6. The van der Waals surface area contributed by atoms with E-state index in [9.17, 15) is 28.1 Å². The molecule has 0 bridgehead atoms. The van der Waals surface area contributed by atoms with Crippen molar-refractivity contribution in [2.75, 3.05) is 18.4 Å². The minimum Gasteiger partial charge on any atom is -0.468 e. The van der Waals surface area contributed by atoms with Crippen molar-refractivity contribution in [3.05, 3.63) is 63.7 Å². The highest BCUT2D eigenvalue weighted by atomic mass is 32.2. The summed E-state index contributed by atoms with van der Waals surface area (Å²) in [5.41, 5.74) is 0.370.